The van der Waals surface area contributed by atoms with E-state index in [1.807, 2.05) is 38.1 Å². The molecule has 0 saturated carbocycles. The van der Waals surface area contributed by atoms with E-state index in [4.69, 9.17) is 21.1 Å². The average molecular weight is 348 g/mol. The lowest BCUT2D eigenvalue weighted by atomic mass is 10.2. The normalized spacial score (nSPS) is 13.0. The third-order valence-corrected chi connectivity index (χ3v) is 3.68. The van der Waals surface area contributed by atoms with Gasteiger partial charge in [0.25, 0.3) is 5.91 Å². The third-order valence-electron chi connectivity index (χ3n) is 3.45. The van der Waals surface area contributed by atoms with Crippen LogP contribution in [0.4, 0.5) is 0 Å². The second-order valence-electron chi connectivity index (χ2n) is 5.70. The van der Waals surface area contributed by atoms with Gasteiger partial charge >= 0.3 is 0 Å². The Balaban J connectivity index is 1.81. The van der Waals surface area contributed by atoms with E-state index in [-0.39, 0.29) is 11.9 Å². The Morgan fingerprint density at radius 1 is 1.17 bits per heavy atom. The summed E-state index contributed by atoms with van der Waals surface area (Å²) in [5.41, 5.74) is 1.06. The highest BCUT2D eigenvalue weighted by Crippen LogP contribution is 2.18. The van der Waals surface area contributed by atoms with Crippen LogP contribution in [0.1, 0.15) is 19.4 Å². The number of para-hydroxylation sites is 1. The van der Waals surface area contributed by atoms with Crippen molar-refractivity contribution in [2.24, 2.45) is 0 Å². The smallest absolute Gasteiger partial charge is 0.261 e. The van der Waals surface area contributed by atoms with Crippen LogP contribution >= 0.6 is 11.6 Å². The van der Waals surface area contributed by atoms with Crippen LogP contribution in [0, 0.1) is 6.92 Å². The van der Waals surface area contributed by atoms with Crippen LogP contribution in [0.2, 0.25) is 5.02 Å². The number of nitrogens with one attached hydrogen (secondary N) is 1. The number of amides is 1. The molecule has 0 spiro atoms. The molecule has 2 rings (SSSR count). The van der Waals surface area contributed by atoms with Gasteiger partial charge in [0.05, 0.1) is 6.04 Å². The monoisotopic (exact) mass is 347 g/mol. The Morgan fingerprint density at radius 2 is 1.92 bits per heavy atom. The minimum atomic E-state index is -0.621. The molecule has 1 amide bonds. The maximum Gasteiger partial charge on any atom is 0.261 e. The molecule has 2 aromatic carbocycles. The Labute approximate surface area is 147 Å². The van der Waals surface area contributed by atoms with Crippen LogP contribution in [-0.4, -0.2) is 24.7 Å². The van der Waals surface area contributed by atoms with Crippen molar-refractivity contribution in [3.05, 3.63) is 59.1 Å². The second kappa shape index (κ2) is 8.60. The van der Waals surface area contributed by atoms with E-state index in [2.05, 4.69) is 5.32 Å². The van der Waals surface area contributed by atoms with Crippen LogP contribution in [-0.2, 0) is 4.79 Å². The highest BCUT2D eigenvalue weighted by molar-refractivity contribution is 6.30. The van der Waals surface area contributed by atoms with E-state index in [0.717, 1.165) is 11.3 Å². The minimum absolute atomic E-state index is 0.137. The highest BCUT2D eigenvalue weighted by Gasteiger charge is 2.17. The van der Waals surface area contributed by atoms with Crippen molar-refractivity contribution in [2.45, 2.75) is 32.9 Å². The van der Waals surface area contributed by atoms with Gasteiger partial charge in [-0.3, -0.25) is 4.79 Å². The second-order valence-corrected chi connectivity index (χ2v) is 6.14. The standard InChI is InChI=1S/C19H22ClNO3/c1-13-7-4-5-10-18(13)23-12-14(2)21-19(22)15(3)24-17-9-6-8-16(20)11-17/h4-11,14-15H,12H2,1-3H3,(H,21,22)/t14-,15+/m1/s1. The summed E-state index contributed by atoms with van der Waals surface area (Å²) in [4.78, 5) is 12.2. The van der Waals surface area contributed by atoms with Gasteiger partial charge in [-0.15, -0.1) is 0 Å². The average Bonchev–Trinajstić information content (AvgIpc) is 2.54. The number of ether oxygens (including phenoxy) is 2. The first-order valence-corrected chi connectivity index (χ1v) is 8.24. The van der Waals surface area contributed by atoms with Crippen molar-refractivity contribution in [3.63, 3.8) is 0 Å². The van der Waals surface area contributed by atoms with Gasteiger partial charge in [-0.25, -0.2) is 0 Å². The molecule has 0 heterocycles. The van der Waals surface area contributed by atoms with Gasteiger partial charge in [-0.1, -0.05) is 35.9 Å². The van der Waals surface area contributed by atoms with E-state index in [0.29, 0.717) is 17.4 Å². The molecule has 0 unspecified atom stereocenters. The molecule has 0 aliphatic carbocycles. The number of carbonyl (C=O) groups excluding carboxylic acids is 1. The number of carbonyl (C=O) groups is 1. The van der Waals surface area contributed by atoms with E-state index in [1.165, 1.54) is 0 Å². The lowest BCUT2D eigenvalue weighted by molar-refractivity contribution is -0.128. The maximum absolute atomic E-state index is 12.2. The highest BCUT2D eigenvalue weighted by atomic mass is 35.5. The molecule has 5 heteroatoms. The lowest BCUT2D eigenvalue weighted by Gasteiger charge is -2.19. The topological polar surface area (TPSA) is 47.6 Å². The van der Waals surface area contributed by atoms with Crippen LogP contribution in [0.25, 0.3) is 0 Å². The summed E-state index contributed by atoms with van der Waals surface area (Å²) in [5.74, 6) is 1.19. The number of hydrogen-bond donors (Lipinski definition) is 1. The number of aryl methyl sites for hydroxylation is 1. The third kappa shape index (κ3) is 5.46. The van der Waals surface area contributed by atoms with Gasteiger partial charge in [0.2, 0.25) is 0 Å². The Bertz CT molecular complexity index is 690. The zero-order chi connectivity index (χ0) is 17.5. The molecule has 0 radical (unpaired) electrons. The number of benzene rings is 2. The van der Waals surface area contributed by atoms with Gasteiger partial charge in [0.1, 0.15) is 18.1 Å². The SMILES string of the molecule is Cc1ccccc1OC[C@@H](C)NC(=O)[C@H](C)Oc1cccc(Cl)c1. The molecule has 4 nitrogen and oxygen atoms in total. The summed E-state index contributed by atoms with van der Waals surface area (Å²) in [7, 11) is 0. The summed E-state index contributed by atoms with van der Waals surface area (Å²) in [5, 5.41) is 3.45. The molecular formula is C19H22ClNO3. The summed E-state index contributed by atoms with van der Waals surface area (Å²) in [6, 6.07) is 14.6. The maximum atomic E-state index is 12.2. The van der Waals surface area contributed by atoms with Crippen LogP contribution in [0.5, 0.6) is 11.5 Å². The molecule has 128 valence electrons. The molecule has 0 aliphatic rings. The number of rotatable bonds is 7. The number of hydrogen-bond acceptors (Lipinski definition) is 3. The largest absolute Gasteiger partial charge is 0.491 e. The first-order chi connectivity index (χ1) is 11.5. The van der Waals surface area contributed by atoms with Crippen molar-refractivity contribution < 1.29 is 14.3 Å². The van der Waals surface area contributed by atoms with Gasteiger partial charge in [0.15, 0.2) is 6.10 Å². The predicted molar refractivity (Wildman–Crippen MR) is 95.8 cm³/mol. The van der Waals surface area contributed by atoms with Gasteiger partial charge in [-0.05, 0) is 50.6 Å². The Morgan fingerprint density at radius 3 is 2.62 bits per heavy atom. The van der Waals surface area contributed by atoms with Crippen molar-refractivity contribution >= 4 is 17.5 Å². The van der Waals surface area contributed by atoms with Crippen molar-refractivity contribution in [1.29, 1.82) is 0 Å². The molecular weight excluding hydrogens is 326 g/mol. The fourth-order valence-corrected chi connectivity index (χ4v) is 2.31. The van der Waals surface area contributed by atoms with Crippen molar-refractivity contribution in [3.8, 4) is 11.5 Å². The molecule has 2 aromatic rings. The lowest BCUT2D eigenvalue weighted by Crippen LogP contribution is -2.43. The fraction of sp³-hybridized carbons (Fsp3) is 0.316. The first-order valence-electron chi connectivity index (χ1n) is 7.86. The Kier molecular flexibility index (Phi) is 6.50. The van der Waals surface area contributed by atoms with E-state index in [1.54, 1.807) is 31.2 Å². The van der Waals surface area contributed by atoms with Crippen molar-refractivity contribution in [2.75, 3.05) is 6.61 Å². The molecule has 0 aliphatic heterocycles. The summed E-state index contributed by atoms with van der Waals surface area (Å²) >= 11 is 5.91. The molecule has 0 fully saturated rings. The zero-order valence-electron chi connectivity index (χ0n) is 14.1. The molecule has 0 saturated heterocycles. The molecule has 0 aromatic heterocycles. The van der Waals surface area contributed by atoms with Gasteiger partial charge < -0.3 is 14.8 Å². The molecule has 0 bridgehead atoms. The van der Waals surface area contributed by atoms with E-state index in [9.17, 15) is 4.79 Å². The van der Waals surface area contributed by atoms with Crippen LogP contribution < -0.4 is 14.8 Å². The predicted octanol–water partition coefficient (Wildman–Crippen LogP) is 4.00. The van der Waals surface area contributed by atoms with Crippen LogP contribution in [0.15, 0.2) is 48.5 Å². The van der Waals surface area contributed by atoms with E-state index < -0.39 is 6.10 Å². The van der Waals surface area contributed by atoms with Crippen LogP contribution in [0.3, 0.4) is 0 Å². The Hall–Kier alpha value is -2.20. The molecule has 24 heavy (non-hydrogen) atoms. The number of halogens is 1. The minimum Gasteiger partial charge on any atom is -0.491 e. The quantitative estimate of drug-likeness (QED) is 0.823. The fourth-order valence-electron chi connectivity index (χ4n) is 2.13. The van der Waals surface area contributed by atoms with Crippen molar-refractivity contribution in [1.82, 2.24) is 5.32 Å². The van der Waals surface area contributed by atoms with E-state index >= 15 is 0 Å². The zero-order valence-corrected chi connectivity index (χ0v) is 14.8. The van der Waals surface area contributed by atoms with Gasteiger partial charge in [-0.2, -0.15) is 0 Å². The summed E-state index contributed by atoms with van der Waals surface area (Å²) in [6.07, 6.45) is -0.621. The summed E-state index contributed by atoms with van der Waals surface area (Å²) < 4.78 is 11.3. The first kappa shape index (κ1) is 18.1. The molecule has 1 N–H and O–H groups in total. The van der Waals surface area contributed by atoms with Gasteiger partial charge in [0, 0.05) is 5.02 Å². The summed E-state index contributed by atoms with van der Waals surface area (Å²) in [6.45, 7) is 5.97. The molecule has 2 atom stereocenters.